The Bertz CT molecular complexity index is 271. The van der Waals surface area contributed by atoms with Gasteiger partial charge in [0.25, 0.3) is 0 Å². The highest BCUT2D eigenvalue weighted by molar-refractivity contribution is 5.46. The summed E-state index contributed by atoms with van der Waals surface area (Å²) >= 11 is 0. The van der Waals surface area contributed by atoms with E-state index in [0.29, 0.717) is 11.8 Å². The molecule has 0 saturated heterocycles. The molecule has 0 aromatic carbocycles. The van der Waals surface area contributed by atoms with Gasteiger partial charge >= 0.3 is 0 Å². The lowest BCUT2D eigenvalue weighted by Crippen LogP contribution is -2.08. The van der Waals surface area contributed by atoms with Crippen LogP contribution in [0.1, 0.15) is 38.7 Å². The maximum Gasteiger partial charge on any atom is 0.0380 e. The van der Waals surface area contributed by atoms with E-state index < -0.39 is 0 Å². The molecule has 2 heteroatoms. The van der Waals surface area contributed by atoms with Crippen molar-refractivity contribution in [3.8, 4) is 0 Å². The Morgan fingerprint density at radius 1 is 1.46 bits per heavy atom. The molecule has 0 aliphatic heterocycles. The van der Waals surface area contributed by atoms with E-state index in [4.69, 9.17) is 5.73 Å². The SMILES string of the molecule is CCC(C)C(C)c1cnccc1N. The fourth-order valence-electron chi connectivity index (χ4n) is 1.46. The van der Waals surface area contributed by atoms with E-state index in [1.54, 1.807) is 6.20 Å². The largest absolute Gasteiger partial charge is 0.398 e. The first-order chi connectivity index (χ1) is 6.16. The Balaban J connectivity index is 2.88. The van der Waals surface area contributed by atoms with Gasteiger partial charge in [-0.05, 0) is 23.5 Å². The summed E-state index contributed by atoms with van der Waals surface area (Å²) in [6, 6.07) is 1.87. The summed E-state index contributed by atoms with van der Waals surface area (Å²) in [7, 11) is 0. The number of nitrogen functional groups attached to an aromatic ring is 1. The van der Waals surface area contributed by atoms with Crippen molar-refractivity contribution in [2.45, 2.75) is 33.1 Å². The van der Waals surface area contributed by atoms with Gasteiger partial charge in [-0.15, -0.1) is 0 Å². The lowest BCUT2D eigenvalue weighted by atomic mass is 9.87. The number of nitrogens with zero attached hydrogens (tertiary/aromatic N) is 1. The lowest BCUT2D eigenvalue weighted by molar-refractivity contribution is 0.473. The quantitative estimate of drug-likeness (QED) is 0.773. The zero-order valence-electron chi connectivity index (χ0n) is 8.62. The molecule has 72 valence electrons. The molecule has 2 nitrogen and oxygen atoms in total. The van der Waals surface area contributed by atoms with Crippen LogP contribution in [0.4, 0.5) is 5.69 Å². The summed E-state index contributed by atoms with van der Waals surface area (Å²) in [6.45, 7) is 6.66. The van der Waals surface area contributed by atoms with Crippen LogP contribution in [0.2, 0.25) is 0 Å². The fraction of sp³-hybridized carbons (Fsp3) is 0.545. The number of rotatable bonds is 3. The van der Waals surface area contributed by atoms with Crippen molar-refractivity contribution in [2.75, 3.05) is 5.73 Å². The van der Waals surface area contributed by atoms with Gasteiger partial charge in [0.05, 0.1) is 0 Å². The molecule has 2 atom stereocenters. The highest BCUT2D eigenvalue weighted by atomic mass is 14.7. The fourth-order valence-corrected chi connectivity index (χ4v) is 1.46. The molecule has 2 unspecified atom stereocenters. The average molecular weight is 178 g/mol. The minimum absolute atomic E-state index is 0.499. The molecule has 13 heavy (non-hydrogen) atoms. The van der Waals surface area contributed by atoms with Crippen LogP contribution in [0.5, 0.6) is 0 Å². The molecule has 1 aromatic rings. The average Bonchev–Trinajstić information content (AvgIpc) is 2.16. The molecule has 1 aromatic heterocycles. The summed E-state index contributed by atoms with van der Waals surface area (Å²) < 4.78 is 0. The van der Waals surface area contributed by atoms with E-state index in [2.05, 4.69) is 25.8 Å². The van der Waals surface area contributed by atoms with Crippen molar-refractivity contribution in [3.05, 3.63) is 24.0 Å². The normalized spacial score (nSPS) is 15.3. The van der Waals surface area contributed by atoms with Crippen molar-refractivity contribution in [3.63, 3.8) is 0 Å². The predicted octanol–water partition coefficient (Wildman–Crippen LogP) is 2.81. The molecular weight excluding hydrogens is 160 g/mol. The Labute approximate surface area is 80.2 Å². The monoisotopic (exact) mass is 178 g/mol. The third-order valence-electron chi connectivity index (χ3n) is 2.88. The van der Waals surface area contributed by atoms with Crippen molar-refractivity contribution in [1.29, 1.82) is 0 Å². The molecule has 0 bridgehead atoms. The zero-order valence-corrected chi connectivity index (χ0v) is 8.62. The van der Waals surface area contributed by atoms with Gasteiger partial charge in [-0.2, -0.15) is 0 Å². The number of pyridine rings is 1. The first kappa shape index (κ1) is 10.0. The molecule has 0 aliphatic rings. The van der Waals surface area contributed by atoms with Gasteiger partial charge in [0.2, 0.25) is 0 Å². The molecule has 0 spiro atoms. The highest BCUT2D eigenvalue weighted by Crippen LogP contribution is 2.29. The number of aromatic nitrogens is 1. The van der Waals surface area contributed by atoms with E-state index in [9.17, 15) is 0 Å². The molecule has 0 fully saturated rings. The van der Waals surface area contributed by atoms with Gasteiger partial charge in [-0.1, -0.05) is 27.2 Å². The van der Waals surface area contributed by atoms with Crippen molar-refractivity contribution >= 4 is 5.69 Å². The molecule has 2 N–H and O–H groups in total. The summed E-state index contributed by atoms with van der Waals surface area (Å²) in [5, 5.41) is 0. The summed E-state index contributed by atoms with van der Waals surface area (Å²) in [5.74, 6) is 1.16. The zero-order chi connectivity index (χ0) is 9.84. The van der Waals surface area contributed by atoms with Crippen LogP contribution >= 0.6 is 0 Å². The summed E-state index contributed by atoms with van der Waals surface area (Å²) in [5.41, 5.74) is 7.92. The minimum atomic E-state index is 0.499. The lowest BCUT2D eigenvalue weighted by Gasteiger charge is -2.19. The van der Waals surface area contributed by atoms with Crippen LogP contribution in [0.25, 0.3) is 0 Å². The smallest absolute Gasteiger partial charge is 0.0380 e. The van der Waals surface area contributed by atoms with E-state index in [1.165, 1.54) is 12.0 Å². The summed E-state index contributed by atoms with van der Waals surface area (Å²) in [4.78, 5) is 4.10. The maximum absolute atomic E-state index is 5.87. The van der Waals surface area contributed by atoms with Crippen LogP contribution in [0.15, 0.2) is 18.5 Å². The Morgan fingerprint density at radius 2 is 2.15 bits per heavy atom. The second-order valence-corrected chi connectivity index (χ2v) is 3.68. The van der Waals surface area contributed by atoms with E-state index in [0.717, 1.165) is 5.69 Å². The van der Waals surface area contributed by atoms with Crippen molar-refractivity contribution < 1.29 is 0 Å². The molecular formula is C11H18N2. The van der Waals surface area contributed by atoms with Crippen LogP contribution in [-0.4, -0.2) is 4.98 Å². The molecule has 1 heterocycles. The van der Waals surface area contributed by atoms with Crippen LogP contribution < -0.4 is 5.73 Å². The first-order valence-corrected chi connectivity index (χ1v) is 4.86. The Hall–Kier alpha value is -1.05. The second kappa shape index (κ2) is 4.26. The third-order valence-corrected chi connectivity index (χ3v) is 2.88. The number of nitrogens with two attached hydrogens (primary N) is 1. The second-order valence-electron chi connectivity index (χ2n) is 3.68. The number of anilines is 1. The van der Waals surface area contributed by atoms with Crippen LogP contribution in [0.3, 0.4) is 0 Å². The van der Waals surface area contributed by atoms with Crippen molar-refractivity contribution in [1.82, 2.24) is 4.98 Å². The molecule has 1 rings (SSSR count). The van der Waals surface area contributed by atoms with E-state index in [1.807, 2.05) is 12.3 Å². The van der Waals surface area contributed by atoms with Gasteiger partial charge in [-0.3, -0.25) is 4.98 Å². The molecule has 0 amide bonds. The van der Waals surface area contributed by atoms with E-state index >= 15 is 0 Å². The number of hydrogen-bond donors (Lipinski definition) is 1. The highest BCUT2D eigenvalue weighted by Gasteiger charge is 2.14. The Kier molecular flexibility index (Phi) is 3.29. The maximum atomic E-state index is 5.87. The van der Waals surface area contributed by atoms with E-state index in [-0.39, 0.29) is 0 Å². The minimum Gasteiger partial charge on any atom is -0.398 e. The van der Waals surface area contributed by atoms with Gasteiger partial charge in [0.15, 0.2) is 0 Å². The van der Waals surface area contributed by atoms with Gasteiger partial charge in [-0.25, -0.2) is 0 Å². The van der Waals surface area contributed by atoms with Crippen LogP contribution in [-0.2, 0) is 0 Å². The summed E-state index contributed by atoms with van der Waals surface area (Å²) in [6.07, 6.45) is 4.80. The van der Waals surface area contributed by atoms with Crippen molar-refractivity contribution in [2.24, 2.45) is 5.92 Å². The Morgan fingerprint density at radius 3 is 2.69 bits per heavy atom. The third kappa shape index (κ3) is 2.20. The molecule has 0 aliphatic carbocycles. The van der Waals surface area contributed by atoms with Gasteiger partial charge in [0.1, 0.15) is 0 Å². The van der Waals surface area contributed by atoms with Gasteiger partial charge < -0.3 is 5.73 Å². The van der Waals surface area contributed by atoms with Crippen LogP contribution in [0, 0.1) is 5.92 Å². The molecule has 0 saturated carbocycles. The predicted molar refractivity (Wildman–Crippen MR) is 56.5 cm³/mol. The molecule has 0 radical (unpaired) electrons. The topological polar surface area (TPSA) is 38.9 Å². The standard InChI is InChI=1S/C11H18N2/c1-4-8(2)9(3)10-7-13-6-5-11(10)12/h5-9H,4H2,1-3H3,(H2,12,13). The first-order valence-electron chi connectivity index (χ1n) is 4.86. The number of hydrogen-bond acceptors (Lipinski definition) is 2. The van der Waals surface area contributed by atoms with Gasteiger partial charge in [0, 0.05) is 18.1 Å².